The summed E-state index contributed by atoms with van der Waals surface area (Å²) in [6.45, 7) is 0. The average Bonchev–Trinajstić information content (AvgIpc) is 2.78. The zero-order valence-electron chi connectivity index (χ0n) is 17.3. The predicted octanol–water partition coefficient (Wildman–Crippen LogP) is 4.67. The number of anilines is 2. The van der Waals surface area contributed by atoms with Gasteiger partial charge in [-0.3, -0.25) is 9.59 Å². The van der Waals surface area contributed by atoms with Crippen molar-refractivity contribution < 1.29 is 23.5 Å². The Morgan fingerprint density at radius 3 is 2.35 bits per heavy atom. The summed E-state index contributed by atoms with van der Waals surface area (Å²) in [4.78, 5) is 24.8. The van der Waals surface area contributed by atoms with Crippen LogP contribution < -0.4 is 20.1 Å². The third-order valence-corrected chi connectivity index (χ3v) is 4.62. The van der Waals surface area contributed by atoms with Crippen LogP contribution in [0.4, 0.5) is 15.8 Å². The highest BCUT2D eigenvalue weighted by molar-refractivity contribution is 6.05. The third-order valence-electron chi connectivity index (χ3n) is 4.62. The summed E-state index contributed by atoms with van der Waals surface area (Å²) >= 11 is 0. The zero-order valence-corrected chi connectivity index (χ0v) is 17.3. The molecular weight excluding hydrogens is 399 g/mol. The van der Waals surface area contributed by atoms with Crippen LogP contribution in [0, 0.1) is 5.82 Å². The Balaban J connectivity index is 1.64. The molecule has 0 bridgehead atoms. The minimum atomic E-state index is -0.502. The summed E-state index contributed by atoms with van der Waals surface area (Å²) in [6, 6.07) is 17.8. The van der Waals surface area contributed by atoms with E-state index in [4.69, 9.17) is 9.47 Å². The number of hydrogen-bond acceptors (Lipinski definition) is 4. The topological polar surface area (TPSA) is 76.7 Å². The highest BCUT2D eigenvalue weighted by Gasteiger charge is 2.12. The largest absolute Gasteiger partial charge is 0.497 e. The highest BCUT2D eigenvalue weighted by atomic mass is 19.1. The van der Waals surface area contributed by atoms with E-state index in [9.17, 15) is 14.0 Å². The van der Waals surface area contributed by atoms with Crippen LogP contribution in [0.25, 0.3) is 0 Å². The average molecular weight is 422 g/mol. The molecule has 0 unspecified atom stereocenters. The molecule has 3 aromatic carbocycles. The van der Waals surface area contributed by atoms with Crippen LogP contribution in [0.3, 0.4) is 0 Å². The molecule has 0 aliphatic heterocycles. The van der Waals surface area contributed by atoms with Crippen molar-refractivity contribution in [2.45, 2.75) is 12.8 Å². The Hall–Kier alpha value is -3.87. The summed E-state index contributed by atoms with van der Waals surface area (Å²) in [7, 11) is 3.08. The molecule has 3 rings (SSSR count). The Morgan fingerprint density at radius 1 is 0.903 bits per heavy atom. The van der Waals surface area contributed by atoms with E-state index in [0.29, 0.717) is 30.0 Å². The number of carbonyl (C=O) groups excluding carboxylic acids is 2. The summed E-state index contributed by atoms with van der Waals surface area (Å²) in [5.41, 5.74) is 2.07. The monoisotopic (exact) mass is 422 g/mol. The van der Waals surface area contributed by atoms with Crippen molar-refractivity contribution in [2.75, 3.05) is 24.9 Å². The molecule has 3 aromatic rings. The lowest BCUT2D eigenvalue weighted by Crippen LogP contribution is -2.15. The number of nitrogens with one attached hydrogen (secondary N) is 2. The first-order valence-corrected chi connectivity index (χ1v) is 9.66. The second-order valence-electron chi connectivity index (χ2n) is 6.78. The molecule has 160 valence electrons. The fraction of sp³-hybridized carbons (Fsp3) is 0.167. The first-order valence-electron chi connectivity index (χ1n) is 9.66. The van der Waals surface area contributed by atoms with Crippen molar-refractivity contribution in [1.82, 2.24) is 0 Å². The third kappa shape index (κ3) is 6.05. The first kappa shape index (κ1) is 21.8. The quantitative estimate of drug-likeness (QED) is 0.553. The lowest BCUT2D eigenvalue weighted by Gasteiger charge is -2.13. The molecule has 0 saturated heterocycles. The molecule has 0 aromatic heterocycles. The summed E-state index contributed by atoms with van der Waals surface area (Å²) < 4.78 is 23.8. The van der Waals surface area contributed by atoms with Crippen molar-refractivity contribution in [2.24, 2.45) is 0 Å². The normalized spacial score (nSPS) is 10.3. The van der Waals surface area contributed by atoms with E-state index < -0.39 is 11.7 Å². The molecular formula is C24H23FN2O4. The van der Waals surface area contributed by atoms with Crippen LogP contribution in [0.2, 0.25) is 0 Å². The SMILES string of the molecule is COc1ccc(CCC(=O)Nc2ccc(OC)c(NC(=O)c3cccc(F)c3)c2)cc1. The Kier molecular flexibility index (Phi) is 7.22. The van der Waals surface area contributed by atoms with Crippen molar-refractivity contribution >= 4 is 23.2 Å². The fourth-order valence-electron chi connectivity index (χ4n) is 2.98. The Morgan fingerprint density at radius 2 is 1.68 bits per heavy atom. The van der Waals surface area contributed by atoms with Crippen molar-refractivity contribution in [3.63, 3.8) is 0 Å². The molecule has 0 aliphatic carbocycles. The maximum atomic E-state index is 13.4. The van der Waals surface area contributed by atoms with Crippen LogP contribution in [0.5, 0.6) is 11.5 Å². The number of benzene rings is 3. The summed E-state index contributed by atoms with van der Waals surface area (Å²) in [5.74, 6) is 0.0295. The zero-order chi connectivity index (χ0) is 22.2. The number of halogens is 1. The van der Waals surface area contributed by atoms with Crippen LogP contribution >= 0.6 is 0 Å². The molecule has 0 aliphatic rings. The maximum absolute atomic E-state index is 13.4. The van der Waals surface area contributed by atoms with E-state index >= 15 is 0 Å². The number of methoxy groups -OCH3 is 2. The van der Waals surface area contributed by atoms with Crippen LogP contribution in [0.1, 0.15) is 22.3 Å². The van der Waals surface area contributed by atoms with Gasteiger partial charge in [0.2, 0.25) is 5.91 Å². The molecule has 0 fully saturated rings. The van der Waals surface area contributed by atoms with Gasteiger partial charge < -0.3 is 20.1 Å². The minimum absolute atomic E-state index is 0.164. The molecule has 7 heteroatoms. The van der Waals surface area contributed by atoms with Crippen LogP contribution in [0.15, 0.2) is 66.7 Å². The number of rotatable bonds is 8. The van der Waals surface area contributed by atoms with E-state index in [0.717, 1.165) is 17.4 Å². The lowest BCUT2D eigenvalue weighted by atomic mass is 10.1. The molecule has 0 atom stereocenters. The van der Waals surface area contributed by atoms with Crippen molar-refractivity contribution in [1.29, 1.82) is 0 Å². The second kappa shape index (κ2) is 10.2. The van der Waals surface area contributed by atoms with Gasteiger partial charge in [0, 0.05) is 17.7 Å². The van der Waals surface area contributed by atoms with Gasteiger partial charge in [0.25, 0.3) is 5.91 Å². The number of aryl methyl sites for hydroxylation is 1. The highest BCUT2D eigenvalue weighted by Crippen LogP contribution is 2.28. The van der Waals surface area contributed by atoms with Gasteiger partial charge in [-0.05, 0) is 60.5 Å². The standard InChI is InChI=1S/C24H23FN2O4/c1-30-20-10-6-16(7-11-20)8-13-23(28)26-19-9-12-22(31-2)21(15-19)27-24(29)17-4-3-5-18(25)14-17/h3-7,9-12,14-15H,8,13H2,1-2H3,(H,26,28)(H,27,29). The van der Waals surface area contributed by atoms with E-state index in [-0.39, 0.29) is 11.5 Å². The van der Waals surface area contributed by atoms with Crippen molar-refractivity contribution in [3.05, 3.63) is 83.7 Å². The predicted molar refractivity (Wildman–Crippen MR) is 117 cm³/mol. The maximum Gasteiger partial charge on any atom is 0.255 e. The van der Waals surface area contributed by atoms with Crippen LogP contribution in [-0.2, 0) is 11.2 Å². The van der Waals surface area contributed by atoms with Gasteiger partial charge in [-0.2, -0.15) is 0 Å². The van der Waals surface area contributed by atoms with Gasteiger partial charge in [0.15, 0.2) is 0 Å². The van der Waals surface area contributed by atoms with E-state index in [1.807, 2.05) is 24.3 Å². The van der Waals surface area contributed by atoms with Gasteiger partial charge in [-0.15, -0.1) is 0 Å². The molecule has 31 heavy (non-hydrogen) atoms. The molecule has 0 spiro atoms. The smallest absolute Gasteiger partial charge is 0.255 e. The lowest BCUT2D eigenvalue weighted by molar-refractivity contribution is -0.116. The first-order chi connectivity index (χ1) is 15.0. The van der Waals surface area contributed by atoms with E-state index in [2.05, 4.69) is 10.6 Å². The fourth-order valence-corrected chi connectivity index (χ4v) is 2.98. The Labute approximate surface area is 180 Å². The number of carbonyl (C=O) groups is 2. The van der Waals surface area contributed by atoms with Gasteiger partial charge in [0.05, 0.1) is 19.9 Å². The molecule has 0 heterocycles. The van der Waals surface area contributed by atoms with Gasteiger partial charge in [-0.1, -0.05) is 18.2 Å². The molecule has 2 N–H and O–H groups in total. The van der Waals surface area contributed by atoms with Gasteiger partial charge in [0.1, 0.15) is 17.3 Å². The van der Waals surface area contributed by atoms with Crippen LogP contribution in [-0.4, -0.2) is 26.0 Å². The minimum Gasteiger partial charge on any atom is -0.497 e. The number of hydrogen-bond donors (Lipinski definition) is 2. The van der Waals surface area contributed by atoms with E-state index in [1.54, 1.807) is 25.3 Å². The van der Waals surface area contributed by atoms with Gasteiger partial charge >= 0.3 is 0 Å². The number of amides is 2. The Bertz CT molecular complexity index is 1070. The summed E-state index contributed by atoms with van der Waals surface area (Å²) in [6.07, 6.45) is 0.874. The van der Waals surface area contributed by atoms with Crippen molar-refractivity contribution in [3.8, 4) is 11.5 Å². The molecule has 6 nitrogen and oxygen atoms in total. The van der Waals surface area contributed by atoms with Gasteiger partial charge in [-0.25, -0.2) is 4.39 Å². The second-order valence-corrected chi connectivity index (χ2v) is 6.78. The molecule has 0 saturated carbocycles. The molecule has 0 radical (unpaired) electrons. The van der Waals surface area contributed by atoms with E-state index in [1.165, 1.54) is 25.3 Å². The molecule has 2 amide bonds. The number of ether oxygens (including phenoxy) is 2. The summed E-state index contributed by atoms with van der Waals surface area (Å²) in [5, 5.41) is 5.51.